The van der Waals surface area contributed by atoms with E-state index in [1.165, 1.54) is 12.0 Å². The standard InChI is InChI=1S/C32H28Cl2O4/c33-26-13-7-22(8-14-26)30(35)37-28-17-11-24(12-18-28)32(19-2-1-3-20-32)25-5-4-6-29(21-25)38-31(36)23-9-15-27(34)16-10-23/h4-17,21,28H,1-3,18-20H2. The van der Waals surface area contributed by atoms with E-state index in [4.69, 9.17) is 32.7 Å². The second kappa shape index (κ2) is 11.6. The summed E-state index contributed by atoms with van der Waals surface area (Å²) < 4.78 is 11.5. The van der Waals surface area contributed by atoms with Gasteiger partial charge in [-0.2, -0.15) is 0 Å². The average Bonchev–Trinajstić information content (AvgIpc) is 2.94. The summed E-state index contributed by atoms with van der Waals surface area (Å²) in [7, 11) is 0. The van der Waals surface area contributed by atoms with Crippen LogP contribution in [0.25, 0.3) is 0 Å². The van der Waals surface area contributed by atoms with Gasteiger partial charge in [0.2, 0.25) is 0 Å². The summed E-state index contributed by atoms with van der Waals surface area (Å²) in [5, 5.41) is 1.15. The number of carbonyl (C=O) groups is 2. The Morgan fingerprint density at radius 3 is 2.03 bits per heavy atom. The van der Waals surface area contributed by atoms with Crippen molar-refractivity contribution in [1.29, 1.82) is 0 Å². The highest BCUT2D eigenvalue weighted by Gasteiger charge is 2.37. The van der Waals surface area contributed by atoms with Gasteiger partial charge in [0.05, 0.1) is 11.1 Å². The van der Waals surface area contributed by atoms with Crippen LogP contribution in [0.3, 0.4) is 0 Å². The maximum Gasteiger partial charge on any atom is 0.343 e. The fraction of sp³-hybridized carbons (Fsp3) is 0.250. The van der Waals surface area contributed by atoms with Crippen molar-refractivity contribution in [3.8, 4) is 5.75 Å². The number of benzene rings is 3. The van der Waals surface area contributed by atoms with E-state index in [2.05, 4.69) is 18.2 Å². The lowest BCUT2D eigenvalue weighted by molar-refractivity contribution is 0.0396. The summed E-state index contributed by atoms with van der Waals surface area (Å²) in [6, 6.07) is 21.2. The quantitative estimate of drug-likeness (QED) is 0.229. The molecule has 0 saturated heterocycles. The Bertz CT molecular complexity index is 1370. The van der Waals surface area contributed by atoms with Gasteiger partial charge in [0, 0.05) is 21.9 Å². The van der Waals surface area contributed by atoms with Crippen LogP contribution in [0.1, 0.15) is 64.8 Å². The van der Waals surface area contributed by atoms with Crippen molar-refractivity contribution < 1.29 is 19.1 Å². The molecule has 3 aromatic rings. The Morgan fingerprint density at radius 2 is 1.42 bits per heavy atom. The summed E-state index contributed by atoms with van der Waals surface area (Å²) in [4.78, 5) is 25.3. The first-order valence-electron chi connectivity index (χ1n) is 12.9. The van der Waals surface area contributed by atoms with Crippen LogP contribution in [-0.4, -0.2) is 18.0 Å². The number of hydrogen-bond donors (Lipinski definition) is 0. The lowest BCUT2D eigenvalue weighted by atomic mass is 9.64. The number of halogens is 2. The van der Waals surface area contributed by atoms with E-state index in [1.807, 2.05) is 24.3 Å². The zero-order chi connectivity index (χ0) is 26.5. The number of carbonyl (C=O) groups excluding carboxylic acids is 2. The second-order valence-electron chi connectivity index (χ2n) is 9.77. The Morgan fingerprint density at radius 1 is 0.789 bits per heavy atom. The Hall–Kier alpha value is -3.34. The van der Waals surface area contributed by atoms with Crippen LogP contribution in [0.4, 0.5) is 0 Å². The lowest BCUT2D eigenvalue weighted by Gasteiger charge is -2.40. The van der Waals surface area contributed by atoms with E-state index in [0.717, 1.165) is 31.2 Å². The highest BCUT2D eigenvalue weighted by atomic mass is 35.5. The van der Waals surface area contributed by atoms with Gasteiger partial charge in [0.1, 0.15) is 11.9 Å². The van der Waals surface area contributed by atoms with Gasteiger partial charge in [0.25, 0.3) is 0 Å². The zero-order valence-corrected chi connectivity index (χ0v) is 22.4. The first-order valence-corrected chi connectivity index (χ1v) is 13.6. The van der Waals surface area contributed by atoms with Crippen LogP contribution in [0.5, 0.6) is 5.75 Å². The van der Waals surface area contributed by atoms with Crippen LogP contribution in [-0.2, 0) is 10.2 Å². The molecular weight excluding hydrogens is 519 g/mol. The van der Waals surface area contributed by atoms with Gasteiger partial charge in [-0.05, 0) is 90.7 Å². The number of hydrogen-bond acceptors (Lipinski definition) is 4. The number of allylic oxidation sites excluding steroid dienone is 2. The Kier molecular flexibility index (Phi) is 8.01. The molecular formula is C32H28Cl2O4. The highest BCUT2D eigenvalue weighted by molar-refractivity contribution is 6.31. The molecule has 0 heterocycles. The van der Waals surface area contributed by atoms with Gasteiger partial charge in [-0.1, -0.05) is 66.7 Å². The van der Waals surface area contributed by atoms with Crippen molar-refractivity contribution in [2.75, 3.05) is 0 Å². The van der Waals surface area contributed by atoms with Crippen molar-refractivity contribution in [1.82, 2.24) is 0 Å². The molecule has 0 radical (unpaired) electrons. The Labute approximate surface area is 232 Å². The van der Waals surface area contributed by atoms with E-state index in [0.29, 0.717) is 33.3 Å². The Balaban J connectivity index is 1.33. The van der Waals surface area contributed by atoms with Crippen LogP contribution in [0, 0.1) is 0 Å². The molecule has 2 aliphatic carbocycles. The highest BCUT2D eigenvalue weighted by Crippen LogP contribution is 2.47. The summed E-state index contributed by atoms with van der Waals surface area (Å²) >= 11 is 11.9. The number of rotatable bonds is 6. The second-order valence-corrected chi connectivity index (χ2v) is 10.6. The summed E-state index contributed by atoms with van der Waals surface area (Å²) in [6.07, 6.45) is 12.0. The number of ether oxygens (including phenoxy) is 2. The molecule has 2 aliphatic rings. The van der Waals surface area contributed by atoms with Crippen LogP contribution >= 0.6 is 23.2 Å². The molecule has 38 heavy (non-hydrogen) atoms. The van der Waals surface area contributed by atoms with Crippen molar-refractivity contribution in [3.05, 3.63) is 123 Å². The first-order chi connectivity index (χ1) is 18.4. The van der Waals surface area contributed by atoms with Gasteiger partial charge in [-0.15, -0.1) is 0 Å². The van der Waals surface area contributed by atoms with E-state index >= 15 is 0 Å². The van der Waals surface area contributed by atoms with E-state index in [1.54, 1.807) is 48.5 Å². The molecule has 0 spiro atoms. The SMILES string of the molecule is O=C(Oc1cccc(C2(C3=CCC(OC(=O)c4ccc(Cl)cc4)C=C3)CCCCC2)c1)c1ccc(Cl)cc1. The fourth-order valence-electron chi connectivity index (χ4n) is 5.34. The normalized spacial score (nSPS) is 18.4. The molecule has 1 atom stereocenters. The molecule has 3 aromatic carbocycles. The minimum absolute atomic E-state index is 0.178. The third kappa shape index (κ3) is 5.87. The molecule has 0 aliphatic heterocycles. The first kappa shape index (κ1) is 26.3. The summed E-state index contributed by atoms with van der Waals surface area (Å²) in [5.41, 5.74) is 3.10. The third-order valence-corrected chi connectivity index (χ3v) is 7.84. The van der Waals surface area contributed by atoms with Crippen molar-refractivity contribution in [2.24, 2.45) is 0 Å². The smallest absolute Gasteiger partial charge is 0.343 e. The van der Waals surface area contributed by atoms with Gasteiger partial charge >= 0.3 is 11.9 Å². The molecule has 5 rings (SSSR count). The number of esters is 2. The maximum atomic E-state index is 12.7. The van der Waals surface area contributed by atoms with Crippen molar-refractivity contribution in [3.63, 3.8) is 0 Å². The minimum Gasteiger partial charge on any atom is -0.454 e. The van der Waals surface area contributed by atoms with E-state index < -0.39 is 5.97 Å². The van der Waals surface area contributed by atoms with Crippen LogP contribution in [0.15, 0.2) is 96.6 Å². The predicted molar refractivity (Wildman–Crippen MR) is 150 cm³/mol. The molecule has 0 amide bonds. The largest absolute Gasteiger partial charge is 0.454 e. The van der Waals surface area contributed by atoms with Crippen LogP contribution < -0.4 is 4.74 Å². The molecule has 1 unspecified atom stereocenters. The predicted octanol–water partition coefficient (Wildman–Crippen LogP) is 8.53. The zero-order valence-electron chi connectivity index (χ0n) is 20.9. The third-order valence-electron chi connectivity index (χ3n) is 7.34. The van der Waals surface area contributed by atoms with Gasteiger partial charge in [-0.3, -0.25) is 0 Å². The van der Waals surface area contributed by atoms with E-state index in [9.17, 15) is 9.59 Å². The van der Waals surface area contributed by atoms with Crippen molar-refractivity contribution in [2.45, 2.75) is 50.0 Å². The molecule has 0 aromatic heterocycles. The van der Waals surface area contributed by atoms with E-state index in [-0.39, 0.29) is 17.5 Å². The lowest BCUT2D eigenvalue weighted by Crippen LogP contribution is -2.32. The summed E-state index contributed by atoms with van der Waals surface area (Å²) in [5.74, 6) is -0.267. The molecule has 0 bridgehead atoms. The topological polar surface area (TPSA) is 52.6 Å². The summed E-state index contributed by atoms with van der Waals surface area (Å²) in [6.45, 7) is 0. The monoisotopic (exact) mass is 546 g/mol. The molecule has 1 fully saturated rings. The van der Waals surface area contributed by atoms with Gasteiger partial charge in [-0.25, -0.2) is 9.59 Å². The average molecular weight is 547 g/mol. The van der Waals surface area contributed by atoms with Gasteiger partial charge in [0.15, 0.2) is 0 Å². The fourth-order valence-corrected chi connectivity index (χ4v) is 5.60. The molecule has 0 N–H and O–H groups in total. The molecule has 4 nitrogen and oxygen atoms in total. The van der Waals surface area contributed by atoms with Crippen molar-refractivity contribution >= 4 is 35.1 Å². The molecule has 194 valence electrons. The van der Waals surface area contributed by atoms with Gasteiger partial charge < -0.3 is 9.47 Å². The molecule has 6 heteroatoms. The molecule has 1 saturated carbocycles. The minimum atomic E-state index is -0.418. The maximum absolute atomic E-state index is 12.7. The van der Waals surface area contributed by atoms with Crippen LogP contribution in [0.2, 0.25) is 10.0 Å².